The van der Waals surface area contributed by atoms with Gasteiger partial charge in [-0.1, -0.05) is 37.3 Å². The highest BCUT2D eigenvalue weighted by atomic mass is 19.4. The number of rotatable bonds is 7. The van der Waals surface area contributed by atoms with E-state index in [0.717, 1.165) is 5.56 Å². The van der Waals surface area contributed by atoms with Gasteiger partial charge in [-0.05, 0) is 103 Å². The van der Waals surface area contributed by atoms with Crippen LogP contribution in [0.4, 0.5) is 31.1 Å². The Bertz CT molecular complexity index is 1320. The highest BCUT2D eigenvalue weighted by Gasteiger charge is 2.45. The molecule has 2 amide bonds. The molecule has 2 aromatic rings. The summed E-state index contributed by atoms with van der Waals surface area (Å²) in [4.78, 5) is 27.1. The molecule has 0 heterocycles. The summed E-state index contributed by atoms with van der Waals surface area (Å²) in [5, 5.41) is 6.64. The van der Waals surface area contributed by atoms with Gasteiger partial charge in [-0.2, -0.15) is 26.3 Å². The summed E-state index contributed by atoms with van der Waals surface area (Å²) < 4.78 is 87.0. The second kappa shape index (κ2) is 13.4. The lowest BCUT2D eigenvalue weighted by atomic mass is 9.74. The molecule has 0 aliphatic heterocycles. The van der Waals surface area contributed by atoms with E-state index in [1.54, 1.807) is 25.8 Å². The molecule has 6 nitrogen and oxygen atoms in total. The highest BCUT2D eigenvalue weighted by Crippen LogP contribution is 2.42. The maximum atomic E-state index is 13.7. The van der Waals surface area contributed by atoms with Crippen molar-refractivity contribution in [1.29, 1.82) is 0 Å². The zero-order chi connectivity index (χ0) is 34.9. The van der Waals surface area contributed by atoms with Crippen LogP contribution in [0.1, 0.15) is 109 Å². The molecule has 0 saturated heterocycles. The van der Waals surface area contributed by atoms with Crippen LogP contribution in [0.15, 0.2) is 48.5 Å². The highest BCUT2D eigenvalue weighted by molar-refractivity contribution is 5.84. The zero-order valence-electron chi connectivity index (χ0n) is 27.7. The Morgan fingerprint density at radius 1 is 0.891 bits per heavy atom. The van der Waals surface area contributed by atoms with Crippen molar-refractivity contribution in [1.82, 2.24) is 15.3 Å². The van der Waals surface area contributed by atoms with E-state index in [4.69, 9.17) is 4.74 Å². The first-order valence-corrected chi connectivity index (χ1v) is 15.5. The number of hydrogen-bond donors (Lipinski definition) is 1. The summed E-state index contributed by atoms with van der Waals surface area (Å²) in [6.45, 7) is 14.9. The van der Waals surface area contributed by atoms with E-state index in [-0.39, 0.29) is 17.7 Å². The van der Waals surface area contributed by atoms with Gasteiger partial charge in [-0.25, -0.2) is 14.8 Å². The Labute approximate surface area is 267 Å². The zero-order valence-corrected chi connectivity index (χ0v) is 27.7. The average Bonchev–Trinajstić information content (AvgIpc) is 2.93. The molecule has 1 fully saturated rings. The van der Waals surface area contributed by atoms with Crippen LogP contribution < -0.4 is 5.32 Å². The Morgan fingerprint density at radius 3 is 1.80 bits per heavy atom. The SMILES string of the molecule is CCN(C1CCC(NC(=O)C(C)c2cc(C(F)(F)F)cc(C(F)(F)F)c2)(c2ccccc2)CC1)N(C(=O)OC(C)(C)C)C(C)(C)C. The third-order valence-electron chi connectivity index (χ3n) is 8.21. The number of hydrogen-bond acceptors (Lipinski definition) is 4. The molecule has 256 valence electrons. The van der Waals surface area contributed by atoms with Crippen LogP contribution >= 0.6 is 0 Å². The van der Waals surface area contributed by atoms with E-state index in [0.29, 0.717) is 44.4 Å². The van der Waals surface area contributed by atoms with E-state index in [1.807, 2.05) is 63.0 Å². The van der Waals surface area contributed by atoms with E-state index < -0.39 is 58.1 Å². The first-order chi connectivity index (χ1) is 21.0. The smallest absolute Gasteiger partial charge is 0.425 e. The van der Waals surface area contributed by atoms with Crippen molar-refractivity contribution >= 4 is 12.0 Å². The number of carbonyl (C=O) groups is 2. The standard InChI is InChI=1S/C34H45F6N3O3/c1-9-42(43(30(3,4)5)29(45)46-31(6,7)8)27-15-17-32(18-16-27,24-13-11-10-12-14-24)41-28(44)22(2)23-19-25(33(35,36)37)21-26(20-23)34(38,39)40/h10-14,19-22,27H,9,15-18H2,1-8H3,(H,41,44). The maximum absolute atomic E-state index is 13.7. The minimum absolute atomic E-state index is 0.0541. The normalized spacial score (nSPS) is 20.3. The molecule has 1 saturated carbocycles. The topological polar surface area (TPSA) is 61.9 Å². The lowest BCUT2D eigenvalue weighted by Gasteiger charge is -2.50. The molecule has 2 aromatic carbocycles. The van der Waals surface area contributed by atoms with Crippen LogP contribution in [-0.2, 0) is 27.4 Å². The molecular formula is C34H45F6N3O3. The van der Waals surface area contributed by atoms with E-state index in [1.165, 1.54) is 6.92 Å². The molecule has 12 heteroatoms. The molecule has 1 aliphatic rings. The van der Waals surface area contributed by atoms with Gasteiger partial charge in [0.25, 0.3) is 0 Å². The quantitative estimate of drug-likeness (QED) is 0.239. The first-order valence-electron chi connectivity index (χ1n) is 15.5. The van der Waals surface area contributed by atoms with Crippen LogP contribution in [-0.4, -0.2) is 45.7 Å². The summed E-state index contributed by atoms with van der Waals surface area (Å²) in [6, 6.07) is 10.3. The van der Waals surface area contributed by atoms with Crippen molar-refractivity contribution in [2.45, 2.75) is 122 Å². The fraction of sp³-hybridized carbons (Fsp3) is 0.588. The molecule has 3 rings (SSSR count). The van der Waals surface area contributed by atoms with Gasteiger partial charge >= 0.3 is 18.4 Å². The number of benzene rings is 2. The molecule has 1 unspecified atom stereocenters. The molecule has 0 spiro atoms. The van der Waals surface area contributed by atoms with Crippen molar-refractivity contribution in [2.24, 2.45) is 0 Å². The lowest BCUT2D eigenvalue weighted by Crippen LogP contribution is -2.61. The predicted octanol–water partition coefficient (Wildman–Crippen LogP) is 9.05. The number of amides is 2. The lowest BCUT2D eigenvalue weighted by molar-refractivity contribution is -0.143. The summed E-state index contributed by atoms with van der Waals surface area (Å²) in [5.41, 5.74) is -4.81. The maximum Gasteiger partial charge on any atom is 0.425 e. The van der Waals surface area contributed by atoms with Crippen molar-refractivity contribution in [2.75, 3.05) is 6.54 Å². The van der Waals surface area contributed by atoms with Crippen LogP contribution in [0, 0.1) is 0 Å². The third-order valence-corrected chi connectivity index (χ3v) is 8.21. The summed E-state index contributed by atoms with van der Waals surface area (Å²) >= 11 is 0. The van der Waals surface area contributed by atoms with Crippen LogP contribution in [0.2, 0.25) is 0 Å². The summed E-state index contributed by atoms with van der Waals surface area (Å²) in [6.07, 6.45) is -8.63. The number of nitrogens with zero attached hydrogens (tertiary/aromatic N) is 2. The number of ether oxygens (including phenoxy) is 1. The number of carbonyl (C=O) groups excluding carboxylic acids is 2. The third kappa shape index (κ3) is 8.95. The van der Waals surface area contributed by atoms with Gasteiger partial charge in [-0.3, -0.25) is 4.79 Å². The average molecular weight is 658 g/mol. The molecule has 0 radical (unpaired) electrons. The van der Waals surface area contributed by atoms with Gasteiger partial charge in [0.05, 0.1) is 28.1 Å². The van der Waals surface area contributed by atoms with Gasteiger partial charge in [0.2, 0.25) is 5.91 Å². The van der Waals surface area contributed by atoms with E-state index in [9.17, 15) is 35.9 Å². The number of hydrazine groups is 1. The Balaban J connectivity index is 1.94. The van der Waals surface area contributed by atoms with Crippen molar-refractivity contribution < 1.29 is 40.7 Å². The van der Waals surface area contributed by atoms with Crippen molar-refractivity contribution in [3.05, 3.63) is 70.8 Å². The molecular weight excluding hydrogens is 612 g/mol. The first kappa shape index (κ1) is 37.2. The second-order valence-electron chi connectivity index (χ2n) is 13.9. The van der Waals surface area contributed by atoms with Crippen LogP contribution in [0.3, 0.4) is 0 Å². The summed E-state index contributed by atoms with van der Waals surface area (Å²) in [7, 11) is 0. The Morgan fingerprint density at radius 2 is 1.39 bits per heavy atom. The van der Waals surface area contributed by atoms with Gasteiger partial charge in [-0.15, -0.1) is 0 Å². The molecule has 46 heavy (non-hydrogen) atoms. The van der Waals surface area contributed by atoms with Crippen LogP contribution in [0.5, 0.6) is 0 Å². The van der Waals surface area contributed by atoms with Gasteiger partial charge in [0.1, 0.15) is 5.60 Å². The van der Waals surface area contributed by atoms with Gasteiger partial charge < -0.3 is 10.1 Å². The molecule has 1 aliphatic carbocycles. The summed E-state index contributed by atoms with van der Waals surface area (Å²) in [5.74, 6) is -2.00. The number of nitrogens with one attached hydrogen (secondary N) is 1. The monoisotopic (exact) mass is 657 g/mol. The van der Waals surface area contributed by atoms with Crippen molar-refractivity contribution in [3.8, 4) is 0 Å². The van der Waals surface area contributed by atoms with E-state index in [2.05, 4.69) is 5.32 Å². The molecule has 0 aromatic heterocycles. The van der Waals surface area contributed by atoms with Gasteiger partial charge in [0, 0.05) is 12.6 Å². The van der Waals surface area contributed by atoms with Crippen molar-refractivity contribution in [3.63, 3.8) is 0 Å². The minimum Gasteiger partial charge on any atom is -0.443 e. The van der Waals surface area contributed by atoms with Crippen LogP contribution in [0.25, 0.3) is 0 Å². The predicted molar refractivity (Wildman–Crippen MR) is 164 cm³/mol. The number of halogens is 6. The molecule has 1 atom stereocenters. The molecule has 1 N–H and O–H groups in total. The minimum atomic E-state index is -5.03. The Kier molecular flexibility index (Phi) is 10.9. The number of alkyl halides is 6. The fourth-order valence-corrected chi connectivity index (χ4v) is 5.99. The Hall–Kier alpha value is -3.28. The van der Waals surface area contributed by atoms with Gasteiger partial charge in [0.15, 0.2) is 0 Å². The van der Waals surface area contributed by atoms with E-state index >= 15 is 0 Å². The molecule has 0 bridgehead atoms. The fourth-order valence-electron chi connectivity index (χ4n) is 5.99. The second-order valence-corrected chi connectivity index (χ2v) is 13.9. The largest absolute Gasteiger partial charge is 0.443 e.